The molecule has 7 heteroatoms. The van der Waals surface area contributed by atoms with Gasteiger partial charge in [-0.05, 0) is 19.1 Å². The van der Waals surface area contributed by atoms with Crippen LogP contribution in [-0.4, -0.2) is 24.4 Å². The summed E-state index contributed by atoms with van der Waals surface area (Å²) in [5, 5.41) is 9.31. The summed E-state index contributed by atoms with van der Waals surface area (Å²) in [5.74, 6) is 2.21. The first-order valence-corrected chi connectivity index (χ1v) is 6.07. The van der Waals surface area contributed by atoms with Crippen LogP contribution in [0.4, 0.5) is 11.5 Å². The number of anilines is 2. The second-order valence-electron chi connectivity index (χ2n) is 4.29. The Kier molecular flexibility index (Phi) is 3.16. The molecule has 0 fully saturated rings. The average molecular weight is 275 g/mol. The third-order valence-corrected chi connectivity index (χ3v) is 2.72. The van der Waals surface area contributed by atoms with Gasteiger partial charge in [0.2, 0.25) is 12.7 Å². The third kappa shape index (κ3) is 2.66. The highest BCUT2D eigenvalue weighted by molar-refractivity contribution is 5.92. The minimum Gasteiger partial charge on any atom is -0.454 e. The summed E-state index contributed by atoms with van der Waals surface area (Å²) in [6, 6.07) is 7.05. The molecule has 2 heterocycles. The fourth-order valence-electron chi connectivity index (χ4n) is 1.80. The van der Waals surface area contributed by atoms with Crippen molar-refractivity contribution in [2.45, 2.75) is 6.92 Å². The van der Waals surface area contributed by atoms with Crippen LogP contribution in [0.15, 0.2) is 28.8 Å². The Bertz CT molecular complexity index is 638. The molecule has 1 aromatic heterocycles. The predicted octanol–water partition coefficient (Wildman–Crippen LogP) is 1.76. The van der Waals surface area contributed by atoms with E-state index in [0.29, 0.717) is 23.1 Å². The van der Waals surface area contributed by atoms with Gasteiger partial charge in [-0.2, -0.15) is 0 Å². The Morgan fingerprint density at radius 2 is 2.15 bits per heavy atom. The molecular weight excluding hydrogens is 262 g/mol. The number of benzene rings is 1. The number of aryl methyl sites for hydroxylation is 1. The SMILES string of the molecule is Cc1cc(NC(=O)CNc2ccc3c(c2)OCO3)no1. The van der Waals surface area contributed by atoms with Crippen molar-refractivity contribution in [3.63, 3.8) is 0 Å². The lowest BCUT2D eigenvalue weighted by molar-refractivity contribution is -0.114. The molecule has 1 aliphatic heterocycles. The lowest BCUT2D eigenvalue weighted by Gasteiger charge is -2.06. The second kappa shape index (κ2) is 5.12. The van der Waals surface area contributed by atoms with Crippen molar-refractivity contribution in [3.05, 3.63) is 30.0 Å². The Labute approximate surface area is 114 Å². The monoisotopic (exact) mass is 275 g/mol. The van der Waals surface area contributed by atoms with Gasteiger partial charge in [0, 0.05) is 17.8 Å². The number of amides is 1. The number of ether oxygens (including phenoxy) is 2. The van der Waals surface area contributed by atoms with Crippen LogP contribution in [-0.2, 0) is 4.79 Å². The molecule has 2 N–H and O–H groups in total. The lowest BCUT2D eigenvalue weighted by atomic mass is 10.3. The molecule has 0 bridgehead atoms. The third-order valence-electron chi connectivity index (χ3n) is 2.72. The minimum atomic E-state index is -0.212. The molecule has 1 aliphatic rings. The zero-order chi connectivity index (χ0) is 13.9. The minimum absolute atomic E-state index is 0.117. The molecule has 7 nitrogen and oxygen atoms in total. The molecule has 0 radical (unpaired) electrons. The van der Waals surface area contributed by atoms with Crippen LogP contribution in [0.3, 0.4) is 0 Å². The molecule has 0 spiro atoms. The number of nitrogens with one attached hydrogen (secondary N) is 2. The van der Waals surface area contributed by atoms with Gasteiger partial charge in [-0.25, -0.2) is 0 Å². The fraction of sp³-hybridized carbons (Fsp3) is 0.231. The van der Waals surface area contributed by atoms with E-state index in [2.05, 4.69) is 15.8 Å². The molecule has 104 valence electrons. The smallest absolute Gasteiger partial charge is 0.244 e. The number of carbonyl (C=O) groups excluding carboxylic acids is 1. The van der Waals surface area contributed by atoms with Gasteiger partial charge < -0.3 is 24.6 Å². The molecule has 0 saturated heterocycles. The first-order valence-electron chi connectivity index (χ1n) is 6.07. The molecule has 0 unspecified atom stereocenters. The summed E-state index contributed by atoms with van der Waals surface area (Å²) >= 11 is 0. The van der Waals surface area contributed by atoms with Crippen LogP contribution >= 0.6 is 0 Å². The highest BCUT2D eigenvalue weighted by Gasteiger charge is 2.13. The number of nitrogens with zero attached hydrogens (tertiary/aromatic N) is 1. The number of fused-ring (bicyclic) bond motifs is 1. The summed E-state index contributed by atoms with van der Waals surface area (Å²) in [7, 11) is 0. The van der Waals surface area contributed by atoms with Crippen molar-refractivity contribution in [3.8, 4) is 11.5 Å². The van der Waals surface area contributed by atoms with Gasteiger partial charge in [-0.1, -0.05) is 5.16 Å². The van der Waals surface area contributed by atoms with Gasteiger partial charge in [-0.15, -0.1) is 0 Å². The largest absolute Gasteiger partial charge is 0.454 e. The lowest BCUT2D eigenvalue weighted by Crippen LogP contribution is -2.21. The van der Waals surface area contributed by atoms with E-state index in [-0.39, 0.29) is 19.2 Å². The average Bonchev–Trinajstić information content (AvgIpc) is 3.04. The summed E-state index contributed by atoms with van der Waals surface area (Å²) in [4.78, 5) is 11.7. The highest BCUT2D eigenvalue weighted by Crippen LogP contribution is 2.34. The zero-order valence-corrected chi connectivity index (χ0v) is 10.8. The van der Waals surface area contributed by atoms with Gasteiger partial charge in [0.15, 0.2) is 17.3 Å². The Balaban J connectivity index is 1.55. The number of hydrogen-bond acceptors (Lipinski definition) is 6. The van der Waals surface area contributed by atoms with Gasteiger partial charge in [0.25, 0.3) is 0 Å². The van der Waals surface area contributed by atoms with Gasteiger partial charge in [0.1, 0.15) is 5.76 Å². The second-order valence-corrected chi connectivity index (χ2v) is 4.29. The molecule has 0 atom stereocenters. The van der Waals surface area contributed by atoms with Crippen molar-refractivity contribution < 1.29 is 18.8 Å². The number of rotatable bonds is 4. The van der Waals surface area contributed by atoms with Crippen molar-refractivity contribution in [2.75, 3.05) is 24.0 Å². The van der Waals surface area contributed by atoms with Gasteiger partial charge in [-0.3, -0.25) is 4.79 Å². The van der Waals surface area contributed by atoms with Gasteiger partial charge in [0.05, 0.1) is 6.54 Å². The molecule has 1 amide bonds. The summed E-state index contributed by atoms with van der Waals surface area (Å²) < 4.78 is 15.3. The van der Waals surface area contributed by atoms with E-state index in [1.807, 2.05) is 6.07 Å². The molecule has 2 aromatic rings. The Morgan fingerprint density at radius 1 is 1.30 bits per heavy atom. The van der Waals surface area contributed by atoms with E-state index >= 15 is 0 Å². The molecule has 1 aromatic carbocycles. The van der Waals surface area contributed by atoms with Crippen LogP contribution in [0, 0.1) is 6.92 Å². The number of aromatic nitrogens is 1. The first kappa shape index (κ1) is 12.3. The molecule has 3 rings (SSSR count). The van der Waals surface area contributed by atoms with Crippen molar-refractivity contribution in [1.82, 2.24) is 5.16 Å². The first-order chi connectivity index (χ1) is 9.70. The maximum atomic E-state index is 11.7. The standard InChI is InChI=1S/C13H13N3O4/c1-8-4-12(16-20-8)15-13(17)6-14-9-2-3-10-11(5-9)19-7-18-10/h2-5,14H,6-7H2,1H3,(H,15,16,17). The van der Waals surface area contributed by atoms with E-state index in [1.54, 1.807) is 25.1 Å². The van der Waals surface area contributed by atoms with Crippen molar-refractivity contribution in [2.24, 2.45) is 0 Å². The molecular formula is C13H13N3O4. The van der Waals surface area contributed by atoms with E-state index in [1.165, 1.54) is 0 Å². The fourth-order valence-corrected chi connectivity index (χ4v) is 1.80. The quantitative estimate of drug-likeness (QED) is 0.884. The van der Waals surface area contributed by atoms with Crippen LogP contribution in [0.1, 0.15) is 5.76 Å². The van der Waals surface area contributed by atoms with Gasteiger partial charge >= 0.3 is 0 Å². The number of carbonyl (C=O) groups is 1. The number of hydrogen-bond donors (Lipinski definition) is 2. The zero-order valence-electron chi connectivity index (χ0n) is 10.8. The van der Waals surface area contributed by atoms with E-state index < -0.39 is 0 Å². The van der Waals surface area contributed by atoms with E-state index in [9.17, 15) is 4.79 Å². The van der Waals surface area contributed by atoms with Crippen LogP contribution in [0.5, 0.6) is 11.5 Å². The topological polar surface area (TPSA) is 85.6 Å². The van der Waals surface area contributed by atoms with Crippen LogP contribution in [0.2, 0.25) is 0 Å². The summed E-state index contributed by atoms with van der Waals surface area (Å²) in [5.41, 5.74) is 0.778. The normalized spacial score (nSPS) is 12.2. The maximum Gasteiger partial charge on any atom is 0.244 e. The van der Waals surface area contributed by atoms with E-state index in [0.717, 1.165) is 5.69 Å². The van der Waals surface area contributed by atoms with Crippen LogP contribution < -0.4 is 20.1 Å². The van der Waals surface area contributed by atoms with Crippen LogP contribution in [0.25, 0.3) is 0 Å². The molecule has 0 saturated carbocycles. The summed E-state index contributed by atoms with van der Waals surface area (Å²) in [6.07, 6.45) is 0. The molecule has 0 aliphatic carbocycles. The Hall–Kier alpha value is -2.70. The summed E-state index contributed by atoms with van der Waals surface area (Å²) in [6.45, 7) is 2.10. The Morgan fingerprint density at radius 3 is 2.95 bits per heavy atom. The van der Waals surface area contributed by atoms with Crippen molar-refractivity contribution in [1.29, 1.82) is 0 Å². The maximum absolute atomic E-state index is 11.7. The molecule has 20 heavy (non-hydrogen) atoms. The van der Waals surface area contributed by atoms with E-state index in [4.69, 9.17) is 14.0 Å². The predicted molar refractivity (Wildman–Crippen MR) is 70.9 cm³/mol. The van der Waals surface area contributed by atoms with Crippen molar-refractivity contribution >= 4 is 17.4 Å². The highest BCUT2D eigenvalue weighted by atomic mass is 16.7.